The first-order valence-corrected chi connectivity index (χ1v) is 12.6. The van der Waals surface area contributed by atoms with Crippen LogP contribution in [0.25, 0.3) is 0 Å². The molecule has 0 saturated carbocycles. The van der Waals surface area contributed by atoms with Crippen LogP contribution in [0.3, 0.4) is 0 Å². The van der Waals surface area contributed by atoms with Gasteiger partial charge in [0.2, 0.25) is 10.0 Å². The van der Waals surface area contributed by atoms with E-state index < -0.39 is 22.6 Å². The highest BCUT2D eigenvalue weighted by atomic mass is 35.5. The van der Waals surface area contributed by atoms with Crippen LogP contribution in [-0.2, 0) is 26.1 Å². The van der Waals surface area contributed by atoms with Crippen molar-refractivity contribution in [3.63, 3.8) is 0 Å². The number of sulfonamides is 1. The average molecular weight is 485 g/mol. The SMILES string of the molecule is CC1CCCN(S(=O)(=O)c2cc(C(=O)OCC(=O)N(C)Cc3cccs3)ccc2Cl)C1. The molecule has 1 aliphatic rings. The lowest BCUT2D eigenvalue weighted by atomic mass is 10.0. The summed E-state index contributed by atoms with van der Waals surface area (Å²) in [5, 5.41) is 1.96. The minimum atomic E-state index is -3.84. The van der Waals surface area contributed by atoms with Gasteiger partial charge in [0.25, 0.3) is 5.91 Å². The van der Waals surface area contributed by atoms with Crippen LogP contribution >= 0.6 is 22.9 Å². The van der Waals surface area contributed by atoms with Gasteiger partial charge < -0.3 is 9.64 Å². The molecule has 1 aromatic heterocycles. The fraction of sp³-hybridized carbons (Fsp3) is 0.429. The van der Waals surface area contributed by atoms with Crippen molar-refractivity contribution >= 4 is 44.8 Å². The van der Waals surface area contributed by atoms with Crippen LogP contribution in [0.15, 0.2) is 40.6 Å². The summed E-state index contributed by atoms with van der Waals surface area (Å²) in [7, 11) is -2.21. The Labute approximate surface area is 191 Å². The molecule has 3 rings (SSSR count). The summed E-state index contributed by atoms with van der Waals surface area (Å²) in [6, 6.07) is 7.79. The standard InChI is InChI=1S/C21H25ClN2O5S2/c1-15-5-3-9-24(12-15)31(27,28)19-11-16(7-8-18(19)22)21(26)29-14-20(25)23(2)13-17-6-4-10-30-17/h4,6-8,10-11,15H,3,5,9,12-14H2,1-2H3. The number of likely N-dealkylation sites (N-methyl/N-ethyl adjacent to an activating group) is 1. The fourth-order valence-electron chi connectivity index (χ4n) is 3.38. The molecule has 1 unspecified atom stereocenters. The molecule has 7 nitrogen and oxygen atoms in total. The van der Waals surface area contributed by atoms with Gasteiger partial charge in [0.05, 0.1) is 17.1 Å². The molecule has 31 heavy (non-hydrogen) atoms. The quantitative estimate of drug-likeness (QED) is 0.560. The minimum Gasteiger partial charge on any atom is -0.452 e. The van der Waals surface area contributed by atoms with Gasteiger partial charge in [-0.05, 0) is 48.4 Å². The van der Waals surface area contributed by atoms with Gasteiger partial charge in [-0.25, -0.2) is 13.2 Å². The van der Waals surface area contributed by atoms with Crippen LogP contribution in [0.5, 0.6) is 0 Å². The van der Waals surface area contributed by atoms with Crippen LogP contribution in [0.2, 0.25) is 5.02 Å². The number of halogens is 1. The molecule has 0 N–H and O–H groups in total. The Balaban J connectivity index is 1.67. The first-order valence-electron chi connectivity index (χ1n) is 9.91. The number of rotatable bonds is 7. The molecular formula is C21H25ClN2O5S2. The van der Waals surface area contributed by atoms with E-state index in [-0.39, 0.29) is 27.3 Å². The van der Waals surface area contributed by atoms with E-state index in [1.807, 2.05) is 24.4 Å². The molecular weight excluding hydrogens is 460 g/mol. The van der Waals surface area contributed by atoms with Crippen molar-refractivity contribution in [2.75, 3.05) is 26.7 Å². The van der Waals surface area contributed by atoms with Crippen LogP contribution in [0.1, 0.15) is 35.0 Å². The lowest BCUT2D eigenvalue weighted by Gasteiger charge is -2.30. The minimum absolute atomic E-state index is 0.0294. The molecule has 0 radical (unpaired) electrons. The Morgan fingerprint density at radius 1 is 1.32 bits per heavy atom. The Bertz CT molecular complexity index is 1040. The Morgan fingerprint density at radius 3 is 2.77 bits per heavy atom. The summed E-state index contributed by atoms with van der Waals surface area (Å²) in [5.74, 6) is -0.878. The first-order chi connectivity index (χ1) is 14.7. The largest absolute Gasteiger partial charge is 0.452 e. The zero-order valence-corrected chi connectivity index (χ0v) is 19.8. The van der Waals surface area contributed by atoms with E-state index in [0.717, 1.165) is 17.7 Å². The normalized spacial score (nSPS) is 17.3. The molecule has 1 amide bonds. The Hall–Kier alpha value is -1.94. The summed E-state index contributed by atoms with van der Waals surface area (Å²) in [6.45, 7) is 2.82. The molecule has 1 fully saturated rings. The predicted octanol–water partition coefficient (Wildman–Crippen LogP) is 3.64. The number of esters is 1. The van der Waals surface area contributed by atoms with Crippen LogP contribution in [0.4, 0.5) is 0 Å². The van der Waals surface area contributed by atoms with Crippen molar-refractivity contribution in [3.8, 4) is 0 Å². The molecule has 1 aliphatic heterocycles. The lowest BCUT2D eigenvalue weighted by molar-refractivity contribution is -0.133. The second-order valence-corrected chi connectivity index (χ2v) is 11.0. The zero-order valence-electron chi connectivity index (χ0n) is 17.4. The van der Waals surface area contributed by atoms with Crippen LogP contribution in [0, 0.1) is 5.92 Å². The van der Waals surface area contributed by atoms with Gasteiger partial charge in [0.1, 0.15) is 4.90 Å². The van der Waals surface area contributed by atoms with Crippen molar-refractivity contribution in [3.05, 3.63) is 51.2 Å². The third-order valence-electron chi connectivity index (χ3n) is 5.13. The topological polar surface area (TPSA) is 84.0 Å². The monoisotopic (exact) mass is 484 g/mol. The average Bonchev–Trinajstić information content (AvgIpc) is 3.25. The molecule has 168 valence electrons. The first kappa shape index (κ1) is 23.7. The highest BCUT2D eigenvalue weighted by Gasteiger charge is 2.31. The van der Waals surface area contributed by atoms with Gasteiger partial charge in [-0.15, -0.1) is 11.3 Å². The maximum Gasteiger partial charge on any atom is 0.338 e. The molecule has 0 bridgehead atoms. The van der Waals surface area contributed by atoms with E-state index in [1.54, 1.807) is 7.05 Å². The summed E-state index contributed by atoms with van der Waals surface area (Å²) >= 11 is 7.69. The van der Waals surface area contributed by atoms with E-state index >= 15 is 0 Å². The zero-order chi connectivity index (χ0) is 22.6. The smallest absolute Gasteiger partial charge is 0.338 e. The second-order valence-electron chi connectivity index (χ2n) is 7.66. The Morgan fingerprint density at radius 2 is 2.10 bits per heavy atom. The number of hydrogen-bond donors (Lipinski definition) is 0. The third-order valence-corrected chi connectivity index (χ3v) is 8.34. The van der Waals surface area contributed by atoms with Gasteiger partial charge in [-0.3, -0.25) is 4.79 Å². The van der Waals surface area contributed by atoms with Crippen molar-refractivity contribution in [2.24, 2.45) is 5.92 Å². The molecule has 1 atom stereocenters. The van der Waals surface area contributed by atoms with Crippen molar-refractivity contribution in [1.82, 2.24) is 9.21 Å². The van der Waals surface area contributed by atoms with Gasteiger partial charge in [-0.1, -0.05) is 24.6 Å². The molecule has 1 saturated heterocycles. The molecule has 2 aromatic rings. The van der Waals surface area contributed by atoms with Gasteiger partial charge >= 0.3 is 5.97 Å². The third kappa shape index (κ3) is 5.85. The maximum atomic E-state index is 13.1. The summed E-state index contributed by atoms with van der Waals surface area (Å²) in [6.07, 6.45) is 1.75. The van der Waals surface area contributed by atoms with E-state index in [2.05, 4.69) is 0 Å². The van der Waals surface area contributed by atoms with E-state index in [0.29, 0.717) is 19.6 Å². The maximum absolute atomic E-state index is 13.1. The number of thiophene rings is 1. The Kier molecular flexibility index (Phi) is 7.74. The van der Waals surface area contributed by atoms with Crippen molar-refractivity contribution in [2.45, 2.75) is 31.2 Å². The number of benzene rings is 1. The molecule has 1 aromatic carbocycles. The van der Waals surface area contributed by atoms with Gasteiger partial charge in [0, 0.05) is 25.0 Å². The number of carbonyl (C=O) groups is 2. The van der Waals surface area contributed by atoms with E-state index in [4.69, 9.17) is 16.3 Å². The number of amides is 1. The molecule has 0 aliphatic carbocycles. The highest BCUT2D eigenvalue weighted by molar-refractivity contribution is 7.89. The summed E-state index contributed by atoms with van der Waals surface area (Å²) in [5.41, 5.74) is 0.0294. The number of ether oxygens (including phenoxy) is 1. The molecule has 10 heteroatoms. The number of hydrogen-bond acceptors (Lipinski definition) is 6. The second kappa shape index (κ2) is 10.1. The summed E-state index contributed by atoms with van der Waals surface area (Å²) in [4.78, 5) is 27.1. The van der Waals surface area contributed by atoms with E-state index in [9.17, 15) is 18.0 Å². The lowest BCUT2D eigenvalue weighted by Crippen LogP contribution is -2.39. The van der Waals surface area contributed by atoms with Crippen molar-refractivity contribution < 1.29 is 22.7 Å². The molecule has 0 spiro atoms. The van der Waals surface area contributed by atoms with Crippen LogP contribution in [-0.4, -0.2) is 56.2 Å². The highest BCUT2D eigenvalue weighted by Crippen LogP contribution is 2.29. The van der Waals surface area contributed by atoms with Crippen molar-refractivity contribution in [1.29, 1.82) is 0 Å². The van der Waals surface area contributed by atoms with Gasteiger partial charge in [-0.2, -0.15) is 4.31 Å². The van der Waals surface area contributed by atoms with Gasteiger partial charge in [0.15, 0.2) is 6.61 Å². The van der Waals surface area contributed by atoms with E-state index in [1.165, 1.54) is 38.7 Å². The number of carbonyl (C=O) groups excluding carboxylic acids is 2. The van der Waals surface area contributed by atoms with Crippen LogP contribution < -0.4 is 0 Å². The predicted molar refractivity (Wildman–Crippen MR) is 120 cm³/mol. The number of piperidine rings is 1. The fourth-order valence-corrected chi connectivity index (χ4v) is 6.23. The molecule has 2 heterocycles. The summed E-state index contributed by atoms with van der Waals surface area (Å²) < 4.78 is 32.7. The number of nitrogens with zero attached hydrogens (tertiary/aromatic N) is 2.